The Morgan fingerprint density at radius 3 is 1.44 bits per heavy atom. The number of ketones is 1. The smallest absolute Gasteiger partial charge is 0.185 e. The van der Waals surface area contributed by atoms with Crippen molar-refractivity contribution in [3.8, 4) is 0 Å². The van der Waals surface area contributed by atoms with E-state index < -0.39 is 0 Å². The highest BCUT2D eigenvalue weighted by molar-refractivity contribution is 6.14. The number of allylic oxidation sites excluding steroid dienone is 2. The standard InChI is InChI=1S/C22H22N4O/c23-21(24)16-8-4-14(5-9-16)12-18-2-1-3-19(20(18)27)13-15-6-10-17(11-7-15)22(25)26/h4-13H,1-3H2,(H3,23,24)(H3,25,26)/b18-12-,19-13+. The van der Waals surface area contributed by atoms with Crippen LogP contribution in [0, 0.1) is 10.8 Å². The summed E-state index contributed by atoms with van der Waals surface area (Å²) in [6.07, 6.45) is 6.28. The molecule has 0 amide bonds. The lowest BCUT2D eigenvalue weighted by molar-refractivity contribution is -0.112. The number of carbonyl (C=O) groups excluding carboxylic acids is 1. The molecule has 1 fully saturated rings. The van der Waals surface area contributed by atoms with Gasteiger partial charge in [0.05, 0.1) is 0 Å². The summed E-state index contributed by atoms with van der Waals surface area (Å²) in [6.45, 7) is 0. The maximum atomic E-state index is 12.8. The van der Waals surface area contributed by atoms with Crippen LogP contribution in [-0.4, -0.2) is 17.5 Å². The van der Waals surface area contributed by atoms with Gasteiger partial charge in [0.1, 0.15) is 11.7 Å². The van der Waals surface area contributed by atoms with Crippen molar-refractivity contribution in [3.63, 3.8) is 0 Å². The zero-order chi connectivity index (χ0) is 19.4. The number of benzene rings is 2. The van der Waals surface area contributed by atoms with E-state index in [2.05, 4.69) is 0 Å². The lowest BCUT2D eigenvalue weighted by Crippen LogP contribution is -2.12. The minimum atomic E-state index is 0.0314. The largest absolute Gasteiger partial charge is 0.384 e. The Balaban J connectivity index is 1.82. The normalized spacial score (nSPS) is 17.3. The summed E-state index contributed by atoms with van der Waals surface area (Å²) in [5.41, 5.74) is 15.7. The molecule has 27 heavy (non-hydrogen) atoms. The number of rotatable bonds is 4. The maximum Gasteiger partial charge on any atom is 0.185 e. The third-order valence-corrected chi connectivity index (χ3v) is 4.60. The molecule has 1 aliphatic carbocycles. The molecule has 0 atom stereocenters. The van der Waals surface area contributed by atoms with Gasteiger partial charge in [-0.15, -0.1) is 0 Å². The second-order valence-electron chi connectivity index (χ2n) is 6.59. The van der Waals surface area contributed by atoms with Crippen LogP contribution in [0.4, 0.5) is 0 Å². The van der Waals surface area contributed by atoms with Gasteiger partial charge in [0.25, 0.3) is 0 Å². The van der Waals surface area contributed by atoms with Gasteiger partial charge in [-0.25, -0.2) is 0 Å². The Hall–Kier alpha value is -3.47. The molecular formula is C22H22N4O. The average Bonchev–Trinajstić information content (AvgIpc) is 2.66. The SMILES string of the molecule is N=C(N)c1ccc(/C=C2/CCC/C(=C\c3ccc(C(=N)N)cc3)C2=O)cc1. The van der Waals surface area contributed by atoms with Gasteiger partial charge in [-0.2, -0.15) is 0 Å². The van der Waals surface area contributed by atoms with Gasteiger partial charge >= 0.3 is 0 Å². The molecule has 1 saturated carbocycles. The van der Waals surface area contributed by atoms with Gasteiger partial charge in [0, 0.05) is 22.3 Å². The number of amidine groups is 2. The van der Waals surface area contributed by atoms with Crippen LogP contribution >= 0.6 is 0 Å². The van der Waals surface area contributed by atoms with Gasteiger partial charge in [0.15, 0.2) is 5.78 Å². The van der Waals surface area contributed by atoms with Crippen molar-refractivity contribution in [2.24, 2.45) is 11.5 Å². The Morgan fingerprint density at radius 1 is 0.741 bits per heavy atom. The first-order valence-electron chi connectivity index (χ1n) is 8.79. The molecule has 0 aliphatic heterocycles. The van der Waals surface area contributed by atoms with Crippen molar-refractivity contribution in [2.75, 3.05) is 0 Å². The Morgan fingerprint density at radius 2 is 1.11 bits per heavy atom. The number of hydrogen-bond acceptors (Lipinski definition) is 3. The predicted molar refractivity (Wildman–Crippen MR) is 110 cm³/mol. The highest BCUT2D eigenvalue weighted by Crippen LogP contribution is 2.28. The molecule has 0 aromatic heterocycles. The molecule has 0 saturated heterocycles. The molecule has 0 unspecified atom stereocenters. The van der Waals surface area contributed by atoms with Crippen LogP contribution < -0.4 is 11.5 Å². The first-order chi connectivity index (χ1) is 12.9. The lowest BCUT2D eigenvalue weighted by Gasteiger charge is -2.16. The van der Waals surface area contributed by atoms with Crippen LogP contribution in [0.1, 0.15) is 41.5 Å². The maximum absolute atomic E-state index is 12.8. The van der Waals surface area contributed by atoms with Crippen molar-refractivity contribution < 1.29 is 4.79 Å². The van der Waals surface area contributed by atoms with Crippen molar-refractivity contribution in [1.82, 2.24) is 0 Å². The topological polar surface area (TPSA) is 117 Å². The van der Waals surface area contributed by atoms with E-state index in [1.54, 1.807) is 24.3 Å². The molecule has 0 heterocycles. The quantitative estimate of drug-likeness (QED) is 0.381. The molecule has 2 aromatic rings. The van der Waals surface area contributed by atoms with Crippen LogP contribution in [-0.2, 0) is 4.79 Å². The van der Waals surface area contributed by atoms with E-state index in [4.69, 9.17) is 22.3 Å². The van der Waals surface area contributed by atoms with Crippen LogP contribution in [0.5, 0.6) is 0 Å². The zero-order valence-electron chi connectivity index (χ0n) is 15.0. The number of nitrogens with two attached hydrogens (primary N) is 2. The predicted octanol–water partition coefficient (Wildman–Crippen LogP) is 3.47. The number of Topliss-reactive ketones (excluding diaryl/α,β-unsaturated/α-hetero) is 1. The second kappa shape index (κ2) is 7.83. The van der Waals surface area contributed by atoms with Crippen molar-refractivity contribution >= 4 is 29.6 Å². The molecule has 6 N–H and O–H groups in total. The summed E-state index contributed by atoms with van der Waals surface area (Å²) in [7, 11) is 0. The molecule has 5 heteroatoms. The Kier molecular flexibility index (Phi) is 5.31. The van der Waals surface area contributed by atoms with Crippen molar-refractivity contribution in [2.45, 2.75) is 19.3 Å². The lowest BCUT2D eigenvalue weighted by atomic mass is 9.86. The third-order valence-electron chi connectivity index (χ3n) is 4.60. The van der Waals surface area contributed by atoms with Gasteiger partial charge < -0.3 is 11.5 Å². The average molecular weight is 358 g/mol. The summed E-state index contributed by atoms with van der Waals surface area (Å²) >= 11 is 0. The van der Waals surface area contributed by atoms with Crippen LogP contribution in [0.25, 0.3) is 12.2 Å². The molecule has 0 spiro atoms. The highest BCUT2D eigenvalue weighted by Gasteiger charge is 2.20. The summed E-state index contributed by atoms with van der Waals surface area (Å²) in [6, 6.07) is 14.6. The molecule has 0 bridgehead atoms. The fraction of sp³-hybridized carbons (Fsp3) is 0.136. The van der Waals surface area contributed by atoms with E-state index in [0.29, 0.717) is 11.1 Å². The number of carbonyl (C=O) groups is 1. The van der Waals surface area contributed by atoms with E-state index in [-0.39, 0.29) is 17.5 Å². The molecule has 136 valence electrons. The minimum Gasteiger partial charge on any atom is -0.384 e. The first-order valence-corrected chi connectivity index (χ1v) is 8.79. The Bertz CT molecular complexity index is 873. The van der Waals surface area contributed by atoms with Gasteiger partial charge in [0.2, 0.25) is 0 Å². The second-order valence-corrected chi connectivity index (χ2v) is 6.59. The summed E-state index contributed by atoms with van der Waals surface area (Å²) in [5, 5.41) is 14.9. The molecule has 1 aliphatic rings. The highest BCUT2D eigenvalue weighted by atomic mass is 16.1. The third kappa shape index (κ3) is 4.39. The van der Waals surface area contributed by atoms with Crippen molar-refractivity contribution in [1.29, 1.82) is 10.8 Å². The van der Waals surface area contributed by atoms with E-state index in [0.717, 1.165) is 41.5 Å². The fourth-order valence-electron chi connectivity index (χ4n) is 3.10. The molecular weight excluding hydrogens is 336 g/mol. The number of nitrogen functional groups attached to an aromatic ring is 2. The summed E-state index contributed by atoms with van der Waals surface area (Å²) in [4.78, 5) is 12.8. The van der Waals surface area contributed by atoms with Crippen LogP contribution in [0.2, 0.25) is 0 Å². The minimum absolute atomic E-state index is 0.0314. The summed E-state index contributed by atoms with van der Waals surface area (Å²) < 4.78 is 0. The fourth-order valence-corrected chi connectivity index (χ4v) is 3.10. The molecule has 3 rings (SSSR count). The van der Waals surface area contributed by atoms with Gasteiger partial charge in [-0.05, 0) is 42.5 Å². The zero-order valence-corrected chi connectivity index (χ0v) is 15.0. The van der Waals surface area contributed by atoms with Crippen molar-refractivity contribution in [3.05, 3.63) is 81.9 Å². The van der Waals surface area contributed by atoms with Crippen LogP contribution in [0.3, 0.4) is 0 Å². The monoisotopic (exact) mass is 358 g/mol. The van der Waals surface area contributed by atoms with Gasteiger partial charge in [-0.3, -0.25) is 15.6 Å². The summed E-state index contributed by atoms with van der Waals surface area (Å²) in [5.74, 6) is 0.139. The van der Waals surface area contributed by atoms with E-state index in [9.17, 15) is 4.79 Å². The van der Waals surface area contributed by atoms with E-state index in [1.165, 1.54) is 0 Å². The van der Waals surface area contributed by atoms with Crippen LogP contribution in [0.15, 0.2) is 59.7 Å². The number of hydrogen-bond donors (Lipinski definition) is 4. The van der Waals surface area contributed by atoms with E-state index in [1.807, 2.05) is 36.4 Å². The first kappa shape index (κ1) is 18.3. The van der Waals surface area contributed by atoms with E-state index >= 15 is 0 Å². The Labute approximate surface area is 158 Å². The number of nitrogens with one attached hydrogen (secondary N) is 2. The molecule has 2 aromatic carbocycles. The molecule has 5 nitrogen and oxygen atoms in total. The molecule has 0 radical (unpaired) electrons. The van der Waals surface area contributed by atoms with Gasteiger partial charge in [-0.1, -0.05) is 48.5 Å².